The van der Waals surface area contributed by atoms with E-state index in [9.17, 15) is 13.6 Å². The molecule has 30 heavy (non-hydrogen) atoms. The summed E-state index contributed by atoms with van der Waals surface area (Å²) in [6.45, 7) is 4.64. The summed E-state index contributed by atoms with van der Waals surface area (Å²) in [4.78, 5) is 19.7. The van der Waals surface area contributed by atoms with Crippen molar-refractivity contribution in [2.24, 2.45) is 4.99 Å². The molecule has 0 unspecified atom stereocenters. The molecule has 0 atom stereocenters. The van der Waals surface area contributed by atoms with Gasteiger partial charge in [0.25, 0.3) is 0 Å². The van der Waals surface area contributed by atoms with Crippen LogP contribution in [0.3, 0.4) is 0 Å². The van der Waals surface area contributed by atoms with Crippen molar-refractivity contribution in [1.82, 2.24) is 4.90 Å². The van der Waals surface area contributed by atoms with Crippen LogP contribution in [0.4, 0.5) is 14.5 Å². The molecule has 2 aromatic rings. The van der Waals surface area contributed by atoms with Gasteiger partial charge in [0.1, 0.15) is 17.5 Å². The Morgan fingerprint density at radius 1 is 1.17 bits per heavy atom. The molecule has 2 aliphatic heterocycles. The molecule has 2 heterocycles. The number of anilines is 1. The van der Waals surface area contributed by atoms with Gasteiger partial charge in [-0.15, -0.1) is 0 Å². The van der Waals surface area contributed by atoms with Crippen molar-refractivity contribution in [1.29, 1.82) is 0 Å². The van der Waals surface area contributed by atoms with E-state index < -0.39 is 11.6 Å². The standard InChI is InChI=1S/C22H22ClF2N3O2/c23-17-11-14(1-3-18(17)24)12-20(29)15-2-4-19(25)22-16(15)13-21(27-22)26-5-6-28-7-9-30-10-8-28/h1-4,11H,5-10,12-13H2,(H,26,27). The number of ketones is 1. The van der Waals surface area contributed by atoms with Crippen LogP contribution < -0.4 is 5.32 Å². The van der Waals surface area contributed by atoms with Crippen LogP contribution in [0.25, 0.3) is 0 Å². The molecule has 2 aliphatic rings. The number of aliphatic imine (C=N–C) groups is 1. The minimum Gasteiger partial charge on any atom is -0.379 e. The number of carbonyl (C=O) groups excluding carboxylic acids is 1. The van der Waals surface area contributed by atoms with Gasteiger partial charge in [0.05, 0.1) is 30.5 Å². The highest BCUT2D eigenvalue weighted by Gasteiger charge is 2.26. The second-order valence-corrected chi connectivity index (χ2v) is 7.79. The predicted octanol–water partition coefficient (Wildman–Crippen LogP) is 3.74. The van der Waals surface area contributed by atoms with Gasteiger partial charge in [-0.2, -0.15) is 0 Å². The molecule has 1 saturated heterocycles. The summed E-state index contributed by atoms with van der Waals surface area (Å²) in [5.74, 6) is -0.463. The highest BCUT2D eigenvalue weighted by Crippen LogP contribution is 2.31. The first-order valence-corrected chi connectivity index (χ1v) is 10.3. The van der Waals surface area contributed by atoms with Gasteiger partial charge < -0.3 is 10.1 Å². The summed E-state index contributed by atoms with van der Waals surface area (Å²) in [7, 11) is 0. The molecule has 158 valence electrons. The van der Waals surface area contributed by atoms with Crippen LogP contribution in [-0.2, 0) is 17.6 Å². The molecule has 0 aromatic heterocycles. The summed E-state index contributed by atoms with van der Waals surface area (Å²) >= 11 is 5.81. The highest BCUT2D eigenvalue weighted by molar-refractivity contribution is 6.30. The first kappa shape index (κ1) is 20.9. The van der Waals surface area contributed by atoms with Crippen molar-refractivity contribution in [3.63, 3.8) is 0 Å². The lowest BCUT2D eigenvalue weighted by atomic mass is 9.96. The van der Waals surface area contributed by atoms with E-state index >= 15 is 0 Å². The first-order valence-electron chi connectivity index (χ1n) is 9.90. The van der Waals surface area contributed by atoms with Crippen molar-refractivity contribution in [3.05, 3.63) is 63.7 Å². The van der Waals surface area contributed by atoms with Crippen molar-refractivity contribution in [3.8, 4) is 0 Å². The van der Waals surface area contributed by atoms with Crippen molar-refractivity contribution in [2.75, 3.05) is 44.7 Å². The smallest absolute Gasteiger partial charge is 0.167 e. The number of nitrogens with zero attached hydrogens (tertiary/aromatic N) is 2. The topological polar surface area (TPSA) is 53.9 Å². The van der Waals surface area contributed by atoms with E-state index in [1.165, 1.54) is 30.3 Å². The summed E-state index contributed by atoms with van der Waals surface area (Å²) in [6, 6.07) is 6.99. The lowest BCUT2D eigenvalue weighted by Gasteiger charge is -2.25. The molecule has 1 fully saturated rings. The number of benzene rings is 2. The third-order valence-corrected chi connectivity index (χ3v) is 5.64. The minimum atomic E-state index is -0.530. The number of amidine groups is 1. The molecule has 2 aromatic carbocycles. The number of Topliss-reactive ketones (excluding diaryl/α,β-unsaturated/α-hetero) is 1. The molecule has 0 spiro atoms. The fourth-order valence-electron chi connectivity index (χ4n) is 3.73. The maximum absolute atomic E-state index is 14.3. The molecule has 8 heteroatoms. The molecule has 0 bridgehead atoms. The zero-order valence-electron chi connectivity index (χ0n) is 16.4. The molecular weight excluding hydrogens is 412 g/mol. The Balaban J connectivity index is 1.46. The summed E-state index contributed by atoms with van der Waals surface area (Å²) < 4.78 is 33.0. The van der Waals surface area contributed by atoms with E-state index in [0.29, 0.717) is 41.2 Å². The van der Waals surface area contributed by atoms with Crippen LogP contribution in [0, 0.1) is 11.6 Å². The van der Waals surface area contributed by atoms with Crippen LogP contribution in [-0.4, -0.2) is 55.9 Å². The fourth-order valence-corrected chi connectivity index (χ4v) is 3.94. The van der Waals surface area contributed by atoms with Gasteiger partial charge in [0, 0.05) is 38.0 Å². The number of carbonyl (C=O) groups is 1. The quantitative estimate of drug-likeness (QED) is 0.705. The lowest BCUT2D eigenvalue weighted by molar-refractivity contribution is 0.0394. The van der Waals surface area contributed by atoms with E-state index in [0.717, 1.165) is 32.8 Å². The lowest BCUT2D eigenvalue weighted by Crippen LogP contribution is -2.37. The Bertz CT molecular complexity index is 991. The van der Waals surface area contributed by atoms with Crippen LogP contribution >= 0.6 is 11.6 Å². The first-order chi connectivity index (χ1) is 14.5. The second-order valence-electron chi connectivity index (χ2n) is 7.38. The molecule has 0 amide bonds. The number of fused-ring (bicyclic) bond motifs is 1. The molecule has 0 aliphatic carbocycles. The van der Waals surface area contributed by atoms with Gasteiger partial charge in [-0.1, -0.05) is 17.7 Å². The predicted molar refractivity (Wildman–Crippen MR) is 113 cm³/mol. The zero-order valence-corrected chi connectivity index (χ0v) is 17.1. The van der Waals surface area contributed by atoms with Gasteiger partial charge in [-0.3, -0.25) is 14.7 Å². The Kier molecular flexibility index (Phi) is 6.41. The highest BCUT2D eigenvalue weighted by atomic mass is 35.5. The van der Waals surface area contributed by atoms with Crippen LogP contribution in [0.15, 0.2) is 35.3 Å². The number of morpholine rings is 1. The molecule has 0 radical (unpaired) electrons. The van der Waals surface area contributed by atoms with E-state index in [4.69, 9.17) is 16.3 Å². The Morgan fingerprint density at radius 2 is 1.93 bits per heavy atom. The van der Waals surface area contributed by atoms with Gasteiger partial charge in [0.15, 0.2) is 5.78 Å². The number of hydrogen-bond donors (Lipinski definition) is 1. The van der Waals surface area contributed by atoms with Gasteiger partial charge >= 0.3 is 0 Å². The van der Waals surface area contributed by atoms with Gasteiger partial charge in [-0.25, -0.2) is 8.78 Å². The minimum absolute atomic E-state index is 0.0269. The Morgan fingerprint density at radius 3 is 2.70 bits per heavy atom. The largest absolute Gasteiger partial charge is 0.379 e. The van der Waals surface area contributed by atoms with E-state index in [1.54, 1.807) is 0 Å². The average Bonchev–Trinajstić information content (AvgIpc) is 3.17. The molecule has 1 N–H and O–H groups in total. The van der Waals surface area contributed by atoms with Crippen LogP contribution in [0.2, 0.25) is 5.02 Å². The second kappa shape index (κ2) is 9.20. The number of ether oxygens (including phenoxy) is 1. The van der Waals surface area contributed by atoms with Crippen LogP contribution in [0.5, 0.6) is 0 Å². The molecule has 4 rings (SSSR count). The van der Waals surface area contributed by atoms with Crippen LogP contribution in [0.1, 0.15) is 21.5 Å². The van der Waals surface area contributed by atoms with Crippen molar-refractivity contribution < 1.29 is 18.3 Å². The summed E-state index contributed by atoms with van der Waals surface area (Å²) in [5, 5.41) is 3.00. The molecule has 5 nitrogen and oxygen atoms in total. The van der Waals surface area contributed by atoms with Crippen molar-refractivity contribution in [2.45, 2.75) is 12.8 Å². The molecular formula is C22H22ClF2N3O2. The van der Waals surface area contributed by atoms with Crippen molar-refractivity contribution >= 4 is 28.9 Å². The number of nitrogens with one attached hydrogen (secondary N) is 1. The Hall–Kier alpha value is -2.35. The monoisotopic (exact) mass is 433 g/mol. The van der Waals surface area contributed by atoms with E-state index in [2.05, 4.69) is 15.2 Å². The van der Waals surface area contributed by atoms with E-state index in [1.807, 2.05) is 0 Å². The van der Waals surface area contributed by atoms with Gasteiger partial charge in [0.2, 0.25) is 0 Å². The zero-order chi connectivity index (χ0) is 21.1. The van der Waals surface area contributed by atoms with Gasteiger partial charge in [-0.05, 0) is 35.4 Å². The number of rotatable bonds is 6. The normalized spacial score (nSPS) is 17.8. The number of hydrogen-bond acceptors (Lipinski definition) is 4. The third kappa shape index (κ3) is 4.69. The third-order valence-electron chi connectivity index (χ3n) is 5.35. The van der Waals surface area contributed by atoms with E-state index in [-0.39, 0.29) is 17.2 Å². The SMILES string of the molecule is O=C(Cc1ccc(F)c(Cl)c1)c1ccc(F)c2c1CC(=NCCN1CCOCC1)N2. The Labute approximate surface area is 178 Å². The number of halogens is 3. The summed E-state index contributed by atoms with van der Waals surface area (Å²) in [6.07, 6.45) is 0.434. The summed E-state index contributed by atoms with van der Waals surface area (Å²) in [5.41, 5.74) is 1.97. The maximum atomic E-state index is 14.3. The molecule has 0 saturated carbocycles. The maximum Gasteiger partial charge on any atom is 0.167 e. The fraction of sp³-hybridized carbons (Fsp3) is 0.364. The average molecular weight is 434 g/mol.